The highest BCUT2D eigenvalue weighted by Crippen LogP contribution is 2.19. The number of hydrogen-bond acceptors (Lipinski definition) is 4. The van der Waals surface area contributed by atoms with Crippen molar-refractivity contribution < 1.29 is 13.6 Å². The van der Waals surface area contributed by atoms with E-state index in [-0.39, 0.29) is 11.7 Å². The summed E-state index contributed by atoms with van der Waals surface area (Å²) in [5.41, 5.74) is 4.56. The third kappa shape index (κ3) is 6.97. The largest absolute Gasteiger partial charge is 0.455 e. The van der Waals surface area contributed by atoms with Crippen LogP contribution in [0.15, 0.2) is 95.4 Å². The average molecular weight is 512 g/mol. The van der Waals surface area contributed by atoms with E-state index in [2.05, 4.69) is 65.3 Å². The molecule has 1 fully saturated rings. The van der Waals surface area contributed by atoms with Crippen molar-refractivity contribution in [1.29, 1.82) is 0 Å². The summed E-state index contributed by atoms with van der Waals surface area (Å²) in [4.78, 5) is 19.6. The average Bonchev–Trinajstić information content (AvgIpc) is 3.39. The minimum absolute atomic E-state index is 0.0640. The zero-order valence-corrected chi connectivity index (χ0v) is 21.9. The summed E-state index contributed by atoms with van der Waals surface area (Å²) in [5, 5.41) is 0. The topological polar surface area (TPSA) is 39.9 Å². The van der Waals surface area contributed by atoms with Crippen molar-refractivity contribution in [1.82, 2.24) is 14.7 Å². The highest BCUT2D eigenvalue weighted by molar-refractivity contribution is 5.91. The van der Waals surface area contributed by atoms with Gasteiger partial charge in [-0.15, -0.1) is 0 Å². The monoisotopic (exact) mass is 511 g/mol. The van der Waals surface area contributed by atoms with Gasteiger partial charge in [0.1, 0.15) is 11.6 Å². The lowest BCUT2D eigenvalue weighted by Gasteiger charge is -2.34. The van der Waals surface area contributed by atoms with Gasteiger partial charge >= 0.3 is 0 Å². The first-order valence-electron chi connectivity index (χ1n) is 13.2. The smallest absolute Gasteiger partial charge is 0.289 e. The van der Waals surface area contributed by atoms with Crippen molar-refractivity contribution in [3.8, 4) is 0 Å². The summed E-state index contributed by atoms with van der Waals surface area (Å²) >= 11 is 0. The first-order chi connectivity index (χ1) is 18.5. The van der Waals surface area contributed by atoms with Gasteiger partial charge in [0.05, 0.1) is 6.54 Å². The van der Waals surface area contributed by atoms with Gasteiger partial charge in [0, 0.05) is 45.8 Å². The third-order valence-electron chi connectivity index (χ3n) is 6.98. The molecule has 0 radical (unpaired) electrons. The Morgan fingerprint density at radius 2 is 1.50 bits per heavy atom. The lowest BCUT2D eigenvalue weighted by atomic mass is 10.1. The second-order valence-electron chi connectivity index (χ2n) is 10.1. The van der Waals surface area contributed by atoms with Gasteiger partial charge in [-0.25, -0.2) is 4.39 Å². The van der Waals surface area contributed by atoms with Gasteiger partial charge in [0.25, 0.3) is 5.91 Å². The predicted molar refractivity (Wildman–Crippen MR) is 147 cm³/mol. The zero-order chi connectivity index (χ0) is 26.3. The summed E-state index contributed by atoms with van der Waals surface area (Å²) in [5.74, 6) is 0.787. The maximum atomic E-state index is 13.8. The fraction of sp³-hybridized carbons (Fsp3) is 0.281. The molecular formula is C32H34FN3O2. The van der Waals surface area contributed by atoms with Crippen LogP contribution in [0.3, 0.4) is 0 Å². The fourth-order valence-corrected chi connectivity index (χ4v) is 4.92. The van der Waals surface area contributed by atoms with Crippen molar-refractivity contribution in [2.24, 2.45) is 0 Å². The summed E-state index contributed by atoms with van der Waals surface area (Å²) in [7, 11) is 0. The Labute approximate surface area is 224 Å². The summed E-state index contributed by atoms with van der Waals surface area (Å²) in [6, 6.07) is 29.2. The number of nitrogens with zero attached hydrogens (tertiary/aromatic N) is 3. The van der Waals surface area contributed by atoms with Crippen LogP contribution in [0.1, 0.15) is 38.6 Å². The Hall–Kier alpha value is -3.74. The van der Waals surface area contributed by atoms with Gasteiger partial charge in [0.2, 0.25) is 0 Å². The Morgan fingerprint density at radius 1 is 0.789 bits per heavy atom. The number of carbonyl (C=O) groups excluding carboxylic acids is 1. The molecule has 1 aromatic heterocycles. The molecule has 1 aliphatic rings. The normalized spacial score (nSPS) is 14.2. The number of benzene rings is 3. The van der Waals surface area contributed by atoms with E-state index in [0.717, 1.165) is 31.0 Å². The number of rotatable bonds is 9. The van der Waals surface area contributed by atoms with Gasteiger partial charge in [-0.1, -0.05) is 72.3 Å². The molecule has 1 aliphatic heterocycles. The van der Waals surface area contributed by atoms with Crippen molar-refractivity contribution in [3.63, 3.8) is 0 Å². The molecule has 0 unspecified atom stereocenters. The molecule has 6 heteroatoms. The third-order valence-corrected chi connectivity index (χ3v) is 6.98. The maximum absolute atomic E-state index is 13.8. The highest BCUT2D eigenvalue weighted by atomic mass is 19.1. The van der Waals surface area contributed by atoms with E-state index in [1.54, 1.807) is 18.2 Å². The van der Waals surface area contributed by atoms with Crippen LogP contribution < -0.4 is 0 Å². The maximum Gasteiger partial charge on any atom is 0.289 e. The standard InChI is InChI=1S/C32H34FN3O2/c1-25-10-12-27(13-11-25)22-35(23-28-8-5-9-29(33)20-28)24-30-14-15-31(38-30)32(37)36-18-16-34(17-19-36)21-26-6-3-2-4-7-26/h2-15,20H,16-19,21-24H2,1H3. The first-order valence-corrected chi connectivity index (χ1v) is 13.2. The zero-order valence-electron chi connectivity index (χ0n) is 21.9. The molecule has 0 N–H and O–H groups in total. The number of piperazine rings is 1. The first kappa shape index (κ1) is 25.9. The minimum atomic E-state index is -0.243. The van der Waals surface area contributed by atoms with E-state index >= 15 is 0 Å². The molecule has 0 saturated carbocycles. The van der Waals surface area contributed by atoms with Gasteiger partial charge in [-0.3, -0.25) is 14.6 Å². The predicted octanol–water partition coefficient (Wildman–Crippen LogP) is 5.89. The molecule has 0 aliphatic carbocycles. The Kier molecular flexibility index (Phi) is 8.31. The molecule has 0 atom stereocenters. The van der Waals surface area contributed by atoms with E-state index in [4.69, 9.17) is 4.42 Å². The number of hydrogen-bond donors (Lipinski definition) is 0. The molecule has 1 amide bonds. The van der Waals surface area contributed by atoms with E-state index in [0.29, 0.717) is 38.5 Å². The fourth-order valence-electron chi connectivity index (χ4n) is 4.92. The van der Waals surface area contributed by atoms with Crippen LogP contribution in [0.4, 0.5) is 4.39 Å². The van der Waals surface area contributed by atoms with Crippen molar-refractivity contribution in [2.75, 3.05) is 26.2 Å². The summed E-state index contributed by atoms with van der Waals surface area (Å²) in [6.45, 7) is 7.78. The van der Waals surface area contributed by atoms with E-state index in [1.165, 1.54) is 22.8 Å². The number of halogens is 1. The number of amides is 1. The molecule has 2 heterocycles. The molecule has 4 aromatic rings. The minimum Gasteiger partial charge on any atom is -0.455 e. The molecule has 5 rings (SSSR count). The second kappa shape index (κ2) is 12.2. The van der Waals surface area contributed by atoms with E-state index in [1.807, 2.05) is 23.1 Å². The van der Waals surface area contributed by atoms with E-state index in [9.17, 15) is 9.18 Å². The van der Waals surface area contributed by atoms with Crippen LogP contribution >= 0.6 is 0 Å². The second-order valence-corrected chi connectivity index (χ2v) is 10.1. The van der Waals surface area contributed by atoms with Crippen LogP contribution in [0.5, 0.6) is 0 Å². The van der Waals surface area contributed by atoms with Gasteiger partial charge < -0.3 is 9.32 Å². The highest BCUT2D eigenvalue weighted by Gasteiger charge is 2.24. The van der Waals surface area contributed by atoms with Crippen LogP contribution in [0.2, 0.25) is 0 Å². The Bertz CT molecular complexity index is 1330. The number of furan rings is 1. The van der Waals surface area contributed by atoms with Crippen LogP contribution in [0, 0.1) is 12.7 Å². The molecular weight excluding hydrogens is 477 g/mol. The Morgan fingerprint density at radius 3 is 2.24 bits per heavy atom. The van der Waals surface area contributed by atoms with Gasteiger partial charge in [-0.05, 0) is 47.9 Å². The molecule has 196 valence electrons. The van der Waals surface area contributed by atoms with Crippen molar-refractivity contribution in [2.45, 2.75) is 33.1 Å². The van der Waals surface area contributed by atoms with Crippen LogP contribution in [-0.4, -0.2) is 46.8 Å². The quantitative estimate of drug-likeness (QED) is 0.281. The Balaban J connectivity index is 1.21. The molecule has 38 heavy (non-hydrogen) atoms. The van der Waals surface area contributed by atoms with Gasteiger partial charge in [-0.2, -0.15) is 0 Å². The molecule has 0 spiro atoms. The molecule has 1 saturated heterocycles. The van der Waals surface area contributed by atoms with E-state index < -0.39 is 0 Å². The summed E-state index contributed by atoms with van der Waals surface area (Å²) in [6.07, 6.45) is 0. The summed E-state index contributed by atoms with van der Waals surface area (Å²) < 4.78 is 19.9. The van der Waals surface area contributed by atoms with Crippen LogP contribution in [-0.2, 0) is 26.2 Å². The van der Waals surface area contributed by atoms with Crippen molar-refractivity contribution >= 4 is 5.91 Å². The molecule has 5 nitrogen and oxygen atoms in total. The number of aryl methyl sites for hydroxylation is 1. The lowest BCUT2D eigenvalue weighted by molar-refractivity contribution is 0.0594. The van der Waals surface area contributed by atoms with Crippen LogP contribution in [0.25, 0.3) is 0 Å². The lowest BCUT2D eigenvalue weighted by Crippen LogP contribution is -2.48. The molecule has 3 aromatic carbocycles. The molecule has 0 bridgehead atoms. The van der Waals surface area contributed by atoms with Crippen molar-refractivity contribution in [3.05, 3.63) is 131 Å². The van der Waals surface area contributed by atoms with Gasteiger partial charge in [0.15, 0.2) is 5.76 Å². The number of carbonyl (C=O) groups is 1. The SMILES string of the molecule is Cc1ccc(CN(Cc2cccc(F)c2)Cc2ccc(C(=O)N3CCN(Cc4ccccc4)CC3)o2)cc1.